The van der Waals surface area contributed by atoms with Crippen LogP contribution in [0.4, 0.5) is 23.4 Å². The van der Waals surface area contributed by atoms with E-state index in [-0.39, 0.29) is 21.9 Å². The standard InChI is InChI=1S/C13H16F4N6O5S2/c1-4(13(15,16)17)29-11-6-9(18)20-3-21-10(6)23(22-11)12-7(14)8(24)5(28-12)2-27-30(19,25)26/h3-5,7-8,12,24H,2H2,1H3,(H2,18,20,21)(H2,19,25,26)/t4?,5-,7+,8-,12-/m1/s1. The van der Waals surface area contributed by atoms with E-state index in [1.165, 1.54) is 0 Å². The molecule has 1 fully saturated rings. The predicted octanol–water partition coefficient (Wildman–Crippen LogP) is 0.268. The smallest absolute Gasteiger partial charge is 0.387 e. The molecule has 1 aliphatic heterocycles. The Labute approximate surface area is 171 Å². The topological polar surface area (TPSA) is 168 Å². The SMILES string of the molecule is CC(Sc1nn([C@@H]2O[C@H](COS(N)(=O)=O)[C@@H](O)[C@@H]2F)c2ncnc(N)c12)C(F)(F)F. The number of aliphatic hydroxyl groups is 1. The number of ether oxygens (including phenoxy) is 1. The first-order valence-electron chi connectivity index (χ1n) is 8.16. The second-order valence-electron chi connectivity index (χ2n) is 6.29. The van der Waals surface area contributed by atoms with Crippen LogP contribution in [0.1, 0.15) is 13.2 Å². The molecule has 3 heterocycles. The van der Waals surface area contributed by atoms with Crippen molar-refractivity contribution in [3.05, 3.63) is 6.33 Å². The molecule has 5 atom stereocenters. The Morgan fingerprint density at radius 2 is 2.10 bits per heavy atom. The third-order valence-electron chi connectivity index (χ3n) is 4.17. The van der Waals surface area contributed by atoms with Crippen LogP contribution >= 0.6 is 11.8 Å². The van der Waals surface area contributed by atoms with Gasteiger partial charge in [0.1, 0.15) is 34.6 Å². The maximum Gasteiger partial charge on any atom is 0.400 e. The molecule has 0 aliphatic carbocycles. The number of alkyl halides is 4. The van der Waals surface area contributed by atoms with E-state index < -0.39 is 52.9 Å². The van der Waals surface area contributed by atoms with Crippen LogP contribution in [0.15, 0.2) is 11.4 Å². The molecule has 11 nitrogen and oxygen atoms in total. The molecule has 3 rings (SSSR count). The summed E-state index contributed by atoms with van der Waals surface area (Å²) >= 11 is 0.312. The van der Waals surface area contributed by atoms with E-state index in [1.54, 1.807) is 0 Å². The number of thioether (sulfide) groups is 1. The lowest BCUT2D eigenvalue weighted by atomic mass is 10.1. The Morgan fingerprint density at radius 1 is 1.43 bits per heavy atom. The summed E-state index contributed by atoms with van der Waals surface area (Å²) in [6.45, 7) is 0.115. The molecule has 0 radical (unpaired) electrons. The number of hydrogen-bond acceptors (Lipinski definition) is 10. The second kappa shape index (κ2) is 8.04. The number of aromatic nitrogens is 4. The fraction of sp³-hybridized carbons (Fsp3) is 0.615. The molecule has 0 spiro atoms. The van der Waals surface area contributed by atoms with Crippen LogP contribution in [-0.2, 0) is 19.2 Å². The van der Waals surface area contributed by atoms with Crippen molar-refractivity contribution in [3.8, 4) is 0 Å². The number of hydrogen-bond donors (Lipinski definition) is 3. The molecule has 2 aromatic rings. The quantitative estimate of drug-likeness (QED) is 0.389. The number of rotatable bonds is 6. The fourth-order valence-electron chi connectivity index (χ4n) is 2.66. The normalized spacial score (nSPS) is 26.4. The molecule has 2 aromatic heterocycles. The minimum absolute atomic E-state index is 0.0480. The summed E-state index contributed by atoms with van der Waals surface area (Å²) in [7, 11) is -4.38. The molecule has 0 saturated carbocycles. The van der Waals surface area contributed by atoms with E-state index in [4.69, 9.17) is 15.6 Å². The highest BCUT2D eigenvalue weighted by Gasteiger charge is 2.47. The second-order valence-corrected chi connectivity index (χ2v) is 8.84. The van der Waals surface area contributed by atoms with E-state index in [9.17, 15) is 31.1 Å². The molecule has 5 N–H and O–H groups in total. The van der Waals surface area contributed by atoms with Gasteiger partial charge in [0, 0.05) is 0 Å². The summed E-state index contributed by atoms with van der Waals surface area (Å²) in [5.41, 5.74) is 5.62. The number of aliphatic hydroxyl groups excluding tert-OH is 1. The van der Waals surface area contributed by atoms with Gasteiger partial charge in [-0.3, -0.25) is 4.18 Å². The zero-order valence-electron chi connectivity index (χ0n) is 15.0. The molecule has 30 heavy (non-hydrogen) atoms. The molecule has 0 bridgehead atoms. The molecule has 0 amide bonds. The molecule has 1 unspecified atom stereocenters. The number of fused-ring (bicyclic) bond motifs is 1. The van der Waals surface area contributed by atoms with Gasteiger partial charge in [-0.05, 0) is 6.92 Å². The van der Waals surface area contributed by atoms with Gasteiger partial charge in [-0.15, -0.1) is 0 Å². The highest BCUT2D eigenvalue weighted by molar-refractivity contribution is 8.00. The molecular weight excluding hydrogens is 460 g/mol. The number of anilines is 1. The summed E-state index contributed by atoms with van der Waals surface area (Å²) in [4.78, 5) is 7.60. The minimum Gasteiger partial charge on any atom is -0.387 e. The number of nitrogen functional groups attached to an aromatic ring is 1. The predicted molar refractivity (Wildman–Crippen MR) is 95.0 cm³/mol. The van der Waals surface area contributed by atoms with Gasteiger partial charge in [0.15, 0.2) is 18.0 Å². The number of halogens is 4. The maximum atomic E-state index is 14.7. The van der Waals surface area contributed by atoms with Gasteiger partial charge in [0.25, 0.3) is 0 Å². The molecule has 1 aliphatic rings. The summed E-state index contributed by atoms with van der Waals surface area (Å²) in [5, 5.41) is 16.5. The van der Waals surface area contributed by atoms with Gasteiger partial charge in [0.2, 0.25) is 0 Å². The maximum absolute atomic E-state index is 14.7. The highest BCUT2D eigenvalue weighted by atomic mass is 32.2. The first-order valence-corrected chi connectivity index (χ1v) is 10.5. The van der Waals surface area contributed by atoms with Gasteiger partial charge in [-0.2, -0.15) is 26.7 Å². The van der Waals surface area contributed by atoms with Gasteiger partial charge in [-0.25, -0.2) is 24.2 Å². The Kier molecular flexibility index (Phi) is 6.14. The largest absolute Gasteiger partial charge is 0.400 e. The zero-order valence-corrected chi connectivity index (χ0v) is 16.7. The zero-order chi connectivity index (χ0) is 22.4. The highest BCUT2D eigenvalue weighted by Crippen LogP contribution is 2.41. The molecular formula is C13H16F4N6O5S2. The van der Waals surface area contributed by atoms with Gasteiger partial charge in [0.05, 0.1) is 12.0 Å². The Bertz CT molecular complexity index is 1030. The molecule has 1 saturated heterocycles. The Balaban J connectivity index is 1.97. The van der Waals surface area contributed by atoms with E-state index in [1.807, 2.05) is 0 Å². The van der Waals surface area contributed by atoms with E-state index in [2.05, 4.69) is 19.2 Å². The molecule has 0 aromatic carbocycles. The third kappa shape index (κ3) is 4.59. The van der Waals surface area contributed by atoms with Crippen LogP contribution in [0, 0.1) is 0 Å². The number of nitrogens with two attached hydrogens (primary N) is 2. The van der Waals surface area contributed by atoms with Crippen LogP contribution in [0.3, 0.4) is 0 Å². The first-order chi connectivity index (χ1) is 13.8. The summed E-state index contributed by atoms with van der Waals surface area (Å²) < 4.78 is 85.9. The lowest BCUT2D eigenvalue weighted by Crippen LogP contribution is -2.33. The fourth-order valence-corrected chi connectivity index (χ4v) is 3.90. The lowest BCUT2D eigenvalue weighted by molar-refractivity contribution is -0.125. The van der Waals surface area contributed by atoms with Crippen molar-refractivity contribution in [1.29, 1.82) is 0 Å². The average Bonchev–Trinajstić information content (AvgIpc) is 3.11. The van der Waals surface area contributed by atoms with Crippen LogP contribution in [0.5, 0.6) is 0 Å². The average molecular weight is 476 g/mol. The Morgan fingerprint density at radius 3 is 2.70 bits per heavy atom. The minimum atomic E-state index is -4.55. The number of nitrogens with zero attached hydrogens (tertiary/aromatic N) is 4. The molecule has 168 valence electrons. The van der Waals surface area contributed by atoms with Crippen LogP contribution in [-0.4, -0.2) is 69.7 Å². The van der Waals surface area contributed by atoms with Gasteiger partial charge >= 0.3 is 16.5 Å². The van der Waals surface area contributed by atoms with E-state index >= 15 is 0 Å². The third-order valence-corrected chi connectivity index (χ3v) is 5.76. The van der Waals surface area contributed by atoms with Crippen molar-refractivity contribution in [2.45, 2.75) is 48.0 Å². The van der Waals surface area contributed by atoms with Crippen molar-refractivity contribution in [3.63, 3.8) is 0 Å². The summed E-state index contributed by atoms with van der Waals surface area (Å²) in [5.74, 6) is -0.189. The van der Waals surface area contributed by atoms with Crippen molar-refractivity contribution in [2.75, 3.05) is 12.3 Å². The monoisotopic (exact) mass is 476 g/mol. The first kappa shape index (κ1) is 22.9. The van der Waals surface area contributed by atoms with Crippen molar-refractivity contribution in [1.82, 2.24) is 19.7 Å². The van der Waals surface area contributed by atoms with Gasteiger partial charge in [-0.1, -0.05) is 11.8 Å². The lowest BCUT2D eigenvalue weighted by Gasteiger charge is -2.15. The van der Waals surface area contributed by atoms with Crippen molar-refractivity contribution >= 4 is 38.9 Å². The van der Waals surface area contributed by atoms with Crippen LogP contribution < -0.4 is 10.9 Å². The van der Waals surface area contributed by atoms with Crippen molar-refractivity contribution in [2.24, 2.45) is 5.14 Å². The van der Waals surface area contributed by atoms with Gasteiger partial charge < -0.3 is 15.6 Å². The Hall–Kier alpha value is -1.79. The van der Waals surface area contributed by atoms with Crippen molar-refractivity contribution < 1.29 is 40.0 Å². The molecule has 17 heteroatoms. The van der Waals surface area contributed by atoms with Crippen LogP contribution in [0.2, 0.25) is 0 Å². The summed E-state index contributed by atoms with van der Waals surface area (Å²) in [6.07, 6.45) is -10.6. The van der Waals surface area contributed by atoms with E-state index in [0.717, 1.165) is 17.9 Å². The van der Waals surface area contributed by atoms with Crippen LogP contribution in [0.25, 0.3) is 11.0 Å². The summed E-state index contributed by atoms with van der Waals surface area (Å²) in [6, 6.07) is 0. The van der Waals surface area contributed by atoms with E-state index in [0.29, 0.717) is 11.8 Å².